The summed E-state index contributed by atoms with van der Waals surface area (Å²) in [6.45, 7) is 20.3. The number of carbonyl (C=O) groups is 2. The summed E-state index contributed by atoms with van der Waals surface area (Å²) in [5, 5.41) is 15.5. The molecule has 4 heterocycles. The fourth-order valence-electron chi connectivity index (χ4n) is 9.38. The minimum atomic E-state index is -1.08. The summed E-state index contributed by atoms with van der Waals surface area (Å²) in [4.78, 5) is 32.6. The Bertz CT molecular complexity index is 1380. The Morgan fingerprint density at radius 1 is 1.14 bits per heavy atom. The Hall–Kier alpha value is -2.54. The second-order valence-corrected chi connectivity index (χ2v) is 15.9. The number of ketones is 1. The molecule has 0 aromatic heterocycles. The van der Waals surface area contributed by atoms with Crippen LogP contribution in [0.15, 0.2) is 36.9 Å². The van der Waals surface area contributed by atoms with Gasteiger partial charge in [-0.25, -0.2) is 0 Å². The van der Waals surface area contributed by atoms with Crippen LogP contribution >= 0.6 is 0 Å². The number of esters is 1. The first-order valence-electron chi connectivity index (χ1n) is 18.5. The summed E-state index contributed by atoms with van der Waals surface area (Å²) in [7, 11) is 3.85. The molecule has 3 fully saturated rings. The highest BCUT2D eigenvalue weighted by Crippen LogP contribution is 2.48. The van der Waals surface area contributed by atoms with E-state index < -0.39 is 53.6 Å². The van der Waals surface area contributed by atoms with Gasteiger partial charge in [-0.2, -0.15) is 0 Å². The molecule has 1 aromatic rings. The Kier molecular flexibility index (Phi) is 11.8. The summed E-state index contributed by atoms with van der Waals surface area (Å²) >= 11 is 0. The predicted molar refractivity (Wildman–Crippen MR) is 193 cm³/mol. The molecule has 11 nitrogen and oxygen atoms in total. The van der Waals surface area contributed by atoms with Gasteiger partial charge in [0.2, 0.25) is 0 Å². The first-order chi connectivity index (χ1) is 23.6. The molecule has 0 amide bonds. The highest BCUT2D eigenvalue weighted by molar-refractivity contribution is 6.00. The third-order valence-corrected chi connectivity index (χ3v) is 12.0. The number of hydrogen-bond donors (Lipinski definition) is 2. The first kappa shape index (κ1) is 38.7. The van der Waals surface area contributed by atoms with Gasteiger partial charge in [-0.3, -0.25) is 9.59 Å². The number of Topliss-reactive ketones (excluding diaryl/α,β-unsaturated/α-hetero) is 1. The van der Waals surface area contributed by atoms with Crippen molar-refractivity contribution in [3.63, 3.8) is 0 Å². The minimum absolute atomic E-state index is 0.0142. The van der Waals surface area contributed by atoms with E-state index >= 15 is 0 Å². The molecule has 4 aliphatic heterocycles. The molecule has 0 aliphatic carbocycles. The smallest absolute Gasteiger partial charge is 0.316 e. The van der Waals surface area contributed by atoms with Gasteiger partial charge in [0.05, 0.1) is 41.8 Å². The Morgan fingerprint density at radius 3 is 2.50 bits per heavy atom. The average Bonchev–Trinajstić information content (AvgIpc) is 3.37. The normalized spacial score (nSPS) is 42.6. The zero-order chi connectivity index (χ0) is 36.7. The second kappa shape index (κ2) is 15.2. The largest absolute Gasteiger partial charge is 0.459 e. The lowest BCUT2D eigenvalue weighted by molar-refractivity contribution is -0.297. The highest BCUT2D eigenvalue weighted by Gasteiger charge is 2.58. The third-order valence-electron chi connectivity index (χ3n) is 12.0. The molecule has 2 bridgehead atoms. The van der Waals surface area contributed by atoms with Crippen LogP contribution in [0.1, 0.15) is 74.7 Å². The van der Waals surface area contributed by atoms with Gasteiger partial charge in [0.1, 0.15) is 30.5 Å². The molecule has 1 aromatic carbocycles. The number of fused-ring (bicyclic) bond motifs is 3. The number of benzene rings is 1. The number of rotatable bonds is 7. The van der Waals surface area contributed by atoms with Gasteiger partial charge >= 0.3 is 5.97 Å². The standard InChI is InChI=1S/C39H61N3O8/c1-12-18-46-38(8)20-22(3)31-24(5)34-39(9,47-21-42(34)28-17-15-14-16-27(28)40-31)30(13-2)49-36(45)26(7)32(43)25(6)35(38)50-37-33(44)29(41(10)11)19-23(4)48-37/h12,14-17,22-26,29-31,33-35,37,40,44H,1,13,18-21H2,2-11H3/t22-,23-,24-,25+,26-,29+,30+,31?,33-,34-,35-,37+,38+,39-/m1/s1. The lowest BCUT2D eigenvalue weighted by Crippen LogP contribution is -2.61. The van der Waals surface area contributed by atoms with Gasteiger partial charge in [0.25, 0.3) is 0 Å². The maximum Gasteiger partial charge on any atom is 0.316 e. The number of carbonyl (C=O) groups excluding carboxylic acids is 2. The number of nitrogens with one attached hydrogen (secondary N) is 1. The van der Waals surface area contributed by atoms with E-state index in [1.807, 2.05) is 58.8 Å². The van der Waals surface area contributed by atoms with Crippen molar-refractivity contribution in [2.45, 2.75) is 135 Å². The fourth-order valence-corrected chi connectivity index (χ4v) is 9.38. The van der Waals surface area contributed by atoms with Gasteiger partial charge in [0.15, 0.2) is 12.1 Å². The molecule has 3 saturated heterocycles. The van der Waals surface area contributed by atoms with Crippen molar-refractivity contribution >= 4 is 23.1 Å². The van der Waals surface area contributed by atoms with E-state index in [4.69, 9.17) is 23.7 Å². The fraction of sp³-hybridized carbons (Fsp3) is 0.744. The van der Waals surface area contributed by atoms with Crippen LogP contribution < -0.4 is 10.2 Å². The van der Waals surface area contributed by atoms with Gasteiger partial charge in [0, 0.05) is 18.0 Å². The summed E-state index contributed by atoms with van der Waals surface area (Å²) in [6.07, 6.45) is -0.350. The summed E-state index contributed by atoms with van der Waals surface area (Å²) < 4.78 is 32.7. The summed E-state index contributed by atoms with van der Waals surface area (Å²) in [5.74, 6) is -2.82. The van der Waals surface area contributed by atoms with E-state index in [0.717, 1.165) is 11.4 Å². The van der Waals surface area contributed by atoms with E-state index in [1.165, 1.54) is 0 Å². The molecule has 14 atom stereocenters. The van der Waals surface area contributed by atoms with Crippen molar-refractivity contribution < 1.29 is 38.4 Å². The third kappa shape index (κ3) is 7.11. The van der Waals surface area contributed by atoms with E-state index in [1.54, 1.807) is 19.9 Å². The Balaban J connectivity index is 1.64. The van der Waals surface area contributed by atoms with Crippen LogP contribution in [-0.2, 0) is 33.3 Å². The molecule has 11 heteroatoms. The molecule has 1 unspecified atom stereocenters. The lowest BCUT2D eigenvalue weighted by Gasteiger charge is -2.48. The molecule has 5 rings (SSSR count). The van der Waals surface area contributed by atoms with Crippen LogP contribution in [0.5, 0.6) is 0 Å². The van der Waals surface area contributed by atoms with E-state index in [2.05, 4.69) is 42.8 Å². The quantitative estimate of drug-likeness (QED) is 0.227. The van der Waals surface area contributed by atoms with E-state index in [0.29, 0.717) is 26.0 Å². The number of para-hydroxylation sites is 2. The maximum absolute atomic E-state index is 14.4. The van der Waals surface area contributed by atoms with Gasteiger partial charge in [-0.15, -0.1) is 6.58 Å². The molecule has 4 aliphatic rings. The number of aliphatic hydroxyl groups is 1. The molecule has 0 saturated carbocycles. The molecular weight excluding hydrogens is 638 g/mol. The van der Waals surface area contributed by atoms with Crippen LogP contribution in [0.3, 0.4) is 0 Å². The van der Waals surface area contributed by atoms with Crippen molar-refractivity contribution in [3.8, 4) is 0 Å². The van der Waals surface area contributed by atoms with Crippen molar-refractivity contribution in [2.75, 3.05) is 37.6 Å². The van der Waals surface area contributed by atoms with Crippen molar-refractivity contribution in [1.82, 2.24) is 4.90 Å². The van der Waals surface area contributed by atoms with Crippen LogP contribution in [-0.4, -0.2) is 109 Å². The number of ether oxygens (including phenoxy) is 5. The molecule has 2 N–H and O–H groups in total. The Labute approximate surface area is 299 Å². The average molecular weight is 700 g/mol. The molecule has 50 heavy (non-hydrogen) atoms. The number of anilines is 2. The van der Waals surface area contributed by atoms with Crippen LogP contribution in [0.4, 0.5) is 11.4 Å². The van der Waals surface area contributed by atoms with Gasteiger partial charge in [-0.1, -0.05) is 45.9 Å². The number of aliphatic hydroxyl groups excluding tert-OH is 1. The van der Waals surface area contributed by atoms with Gasteiger partial charge in [-0.05, 0) is 85.0 Å². The van der Waals surface area contributed by atoms with E-state index in [-0.39, 0.29) is 48.5 Å². The van der Waals surface area contributed by atoms with Crippen molar-refractivity contribution in [1.29, 1.82) is 0 Å². The monoisotopic (exact) mass is 699 g/mol. The topological polar surface area (TPSA) is 119 Å². The SMILES string of the molecule is C=CCO[C@@]1(C)C[C@@H](C)C2Nc3ccccc3N3CO[C@](C)([C@H](CC)OC(=O)[C@H](C)C(=O)[C@H](C)[C@H]1O[C@@H]1O[C@H](C)C[C@H](N(C)C)[C@H]1O)[C@H]3[C@@H]2C. The predicted octanol–water partition coefficient (Wildman–Crippen LogP) is 5.01. The zero-order valence-electron chi connectivity index (χ0n) is 31.8. The number of cyclic esters (lactones) is 1. The molecule has 0 spiro atoms. The Morgan fingerprint density at radius 2 is 1.84 bits per heavy atom. The summed E-state index contributed by atoms with van der Waals surface area (Å²) in [5.41, 5.74) is 0.122. The van der Waals surface area contributed by atoms with Crippen molar-refractivity contribution in [3.05, 3.63) is 36.9 Å². The van der Waals surface area contributed by atoms with E-state index in [9.17, 15) is 14.7 Å². The maximum atomic E-state index is 14.4. The molecule has 0 radical (unpaired) electrons. The number of hydrogen-bond acceptors (Lipinski definition) is 11. The summed E-state index contributed by atoms with van der Waals surface area (Å²) in [6, 6.07) is 7.82. The van der Waals surface area contributed by atoms with Gasteiger partial charge < -0.3 is 43.9 Å². The number of nitrogens with zero attached hydrogens (tertiary/aromatic N) is 2. The second-order valence-electron chi connectivity index (χ2n) is 15.9. The molecule has 280 valence electrons. The van der Waals surface area contributed by atoms with Crippen LogP contribution in [0.25, 0.3) is 0 Å². The highest BCUT2D eigenvalue weighted by atomic mass is 16.7. The van der Waals surface area contributed by atoms with Crippen molar-refractivity contribution in [2.24, 2.45) is 23.7 Å². The minimum Gasteiger partial charge on any atom is -0.459 e. The first-order valence-corrected chi connectivity index (χ1v) is 18.5. The lowest BCUT2D eigenvalue weighted by atomic mass is 9.71. The van der Waals surface area contributed by atoms with Crippen LogP contribution in [0, 0.1) is 23.7 Å². The van der Waals surface area contributed by atoms with Crippen LogP contribution in [0.2, 0.25) is 0 Å². The zero-order valence-corrected chi connectivity index (χ0v) is 31.8. The molecular formula is C39H61N3O8. The number of likely N-dealkylation sites (N-methyl/N-ethyl adjacent to an activating group) is 1.